The Kier molecular flexibility index (Phi) is 3.81. The molecule has 0 unspecified atom stereocenters. The summed E-state index contributed by atoms with van der Waals surface area (Å²) in [6.45, 7) is 4.34. The Hall–Kier alpha value is -3.00. The smallest absolute Gasteiger partial charge is 0.116 e. The predicted molar refractivity (Wildman–Crippen MR) is 107 cm³/mol. The molecular weight excluding hydrogens is 306 g/mol. The van der Waals surface area contributed by atoms with Crippen molar-refractivity contribution in [3.05, 3.63) is 78.0 Å². The second-order valence-electron chi connectivity index (χ2n) is 6.39. The van der Waals surface area contributed by atoms with Gasteiger partial charge in [0, 0.05) is 16.8 Å². The Bertz CT molecular complexity index is 1100. The Labute approximate surface area is 147 Å². The number of aryl methyl sites for hydroxylation is 1. The van der Waals surface area contributed by atoms with E-state index in [0.717, 1.165) is 22.9 Å². The minimum Gasteiger partial charge on any atom is -0.508 e. The normalized spacial score (nSPS) is 11.8. The van der Waals surface area contributed by atoms with Crippen molar-refractivity contribution in [3.63, 3.8) is 0 Å². The van der Waals surface area contributed by atoms with Crippen LogP contribution in [0, 0.1) is 6.92 Å². The molecule has 124 valence electrons. The van der Waals surface area contributed by atoms with Crippen molar-refractivity contribution >= 4 is 27.8 Å². The van der Waals surface area contributed by atoms with Crippen molar-refractivity contribution < 1.29 is 5.11 Å². The van der Waals surface area contributed by atoms with E-state index >= 15 is 0 Å². The van der Waals surface area contributed by atoms with Gasteiger partial charge >= 0.3 is 0 Å². The zero-order chi connectivity index (χ0) is 17.4. The third-order valence-electron chi connectivity index (χ3n) is 4.75. The molecule has 0 fully saturated rings. The van der Waals surface area contributed by atoms with E-state index in [1.54, 1.807) is 12.1 Å². The van der Waals surface area contributed by atoms with E-state index < -0.39 is 0 Å². The van der Waals surface area contributed by atoms with E-state index in [4.69, 9.17) is 0 Å². The molecule has 1 N–H and O–H groups in total. The van der Waals surface area contributed by atoms with Crippen LogP contribution in [0.2, 0.25) is 0 Å². The summed E-state index contributed by atoms with van der Waals surface area (Å²) >= 11 is 0. The van der Waals surface area contributed by atoms with E-state index in [9.17, 15) is 5.11 Å². The third-order valence-corrected chi connectivity index (χ3v) is 4.75. The molecule has 4 aromatic rings. The minimum atomic E-state index is 0.300. The van der Waals surface area contributed by atoms with Crippen molar-refractivity contribution in [3.8, 4) is 11.4 Å². The van der Waals surface area contributed by atoms with E-state index in [1.807, 2.05) is 6.07 Å². The molecule has 0 aliphatic carbocycles. The molecule has 4 rings (SSSR count). The molecule has 0 saturated carbocycles. The Morgan fingerprint density at radius 1 is 0.960 bits per heavy atom. The van der Waals surface area contributed by atoms with Gasteiger partial charge in [0.05, 0.1) is 5.52 Å². The zero-order valence-corrected chi connectivity index (χ0v) is 14.5. The number of nitrogens with zero attached hydrogens (tertiary/aromatic N) is 1. The molecule has 25 heavy (non-hydrogen) atoms. The number of hydrogen-bond acceptors (Lipinski definition) is 1. The lowest BCUT2D eigenvalue weighted by Gasteiger charge is -2.11. The SMILES string of the molecule is CC/C=C\c1c(C)c2ccccc2n1-c1ccc2cc(O)ccc2c1. The van der Waals surface area contributed by atoms with E-state index in [1.165, 1.54) is 22.2 Å². The van der Waals surface area contributed by atoms with Crippen LogP contribution in [0.4, 0.5) is 0 Å². The van der Waals surface area contributed by atoms with Crippen LogP contribution in [-0.2, 0) is 0 Å². The van der Waals surface area contributed by atoms with Gasteiger partial charge in [-0.05, 0) is 66.1 Å². The number of fused-ring (bicyclic) bond motifs is 2. The Balaban J connectivity index is 2.02. The third kappa shape index (κ3) is 2.60. The molecule has 2 nitrogen and oxygen atoms in total. The number of benzene rings is 3. The van der Waals surface area contributed by atoms with Crippen molar-refractivity contribution in [2.75, 3.05) is 0 Å². The number of allylic oxidation sites excluding steroid dienone is 1. The summed E-state index contributed by atoms with van der Waals surface area (Å²) in [5.41, 5.74) is 4.87. The van der Waals surface area contributed by atoms with Crippen LogP contribution in [0.1, 0.15) is 24.6 Å². The van der Waals surface area contributed by atoms with Gasteiger partial charge in [0.1, 0.15) is 5.75 Å². The summed E-state index contributed by atoms with van der Waals surface area (Å²) in [5, 5.41) is 13.1. The summed E-state index contributed by atoms with van der Waals surface area (Å²) < 4.78 is 2.32. The predicted octanol–water partition coefficient (Wildman–Crippen LogP) is 6.22. The lowest BCUT2D eigenvalue weighted by molar-refractivity contribution is 0.476. The Morgan fingerprint density at radius 2 is 1.72 bits per heavy atom. The van der Waals surface area contributed by atoms with E-state index in [2.05, 4.69) is 73.0 Å². The number of para-hydroxylation sites is 1. The summed E-state index contributed by atoms with van der Waals surface area (Å²) in [7, 11) is 0. The highest BCUT2D eigenvalue weighted by molar-refractivity contribution is 5.91. The largest absolute Gasteiger partial charge is 0.508 e. The van der Waals surface area contributed by atoms with Gasteiger partial charge in [0.25, 0.3) is 0 Å². The number of aromatic hydroxyl groups is 1. The first-order chi connectivity index (χ1) is 12.2. The van der Waals surface area contributed by atoms with Crippen molar-refractivity contribution in [1.82, 2.24) is 4.57 Å². The highest BCUT2D eigenvalue weighted by Crippen LogP contribution is 2.31. The first-order valence-electron chi connectivity index (χ1n) is 8.69. The molecular formula is C23H21NO. The standard InChI is InChI=1S/C23H21NO/c1-3-4-8-22-16(2)21-7-5-6-9-23(21)24(22)19-12-10-18-15-20(25)13-11-17(18)14-19/h4-15,25H,3H2,1-2H3/b8-4-. The van der Waals surface area contributed by atoms with Crippen LogP contribution in [0.15, 0.2) is 66.7 Å². The van der Waals surface area contributed by atoms with Crippen LogP contribution >= 0.6 is 0 Å². The van der Waals surface area contributed by atoms with Crippen LogP contribution in [0.3, 0.4) is 0 Å². The van der Waals surface area contributed by atoms with Gasteiger partial charge in [-0.15, -0.1) is 0 Å². The molecule has 3 aromatic carbocycles. The van der Waals surface area contributed by atoms with Gasteiger partial charge in [-0.1, -0.05) is 43.3 Å². The van der Waals surface area contributed by atoms with Gasteiger partial charge in [-0.3, -0.25) is 0 Å². The molecule has 0 spiro atoms. The van der Waals surface area contributed by atoms with Gasteiger partial charge < -0.3 is 9.67 Å². The molecule has 0 radical (unpaired) electrons. The van der Waals surface area contributed by atoms with E-state index in [-0.39, 0.29) is 0 Å². The maximum atomic E-state index is 9.69. The Morgan fingerprint density at radius 3 is 2.56 bits per heavy atom. The summed E-state index contributed by atoms with van der Waals surface area (Å²) in [5.74, 6) is 0.300. The molecule has 1 heterocycles. The maximum Gasteiger partial charge on any atom is 0.116 e. The first-order valence-corrected chi connectivity index (χ1v) is 8.69. The van der Waals surface area contributed by atoms with Gasteiger partial charge in [0.15, 0.2) is 0 Å². The van der Waals surface area contributed by atoms with Crippen molar-refractivity contribution in [1.29, 1.82) is 0 Å². The lowest BCUT2D eigenvalue weighted by atomic mass is 10.1. The van der Waals surface area contributed by atoms with Crippen molar-refractivity contribution in [2.45, 2.75) is 20.3 Å². The second kappa shape index (κ2) is 6.14. The monoisotopic (exact) mass is 327 g/mol. The second-order valence-corrected chi connectivity index (χ2v) is 6.39. The molecule has 0 amide bonds. The van der Waals surface area contributed by atoms with E-state index in [0.29, 0.717) is 5.75 Å². The summed E-state index contributed by atoms with van der Waals surface area (Å²) in [6, 6.07) is 20.4. The molecule has 0 atom stereocenters. The number of phenols is 1. The fourth-order valence-electron chi connectivity index (χ4n) is 3.49. The lowest BCUT2D eigenvalue weighted by Crippen LogP contribution is -1.97. The minimum absolute atomic E-state index is 0.300. The maximum absolute atomic E-state index is 9.69. The average Bonchev–Trinajstić information content (AvgIpc) is 2.92. The van der Waals surface area contributed by atoms with Crippen LogP contribution in [0.5, 0.6) is 5.75 Å². The highest BCUT2D eigenvalue weighted by atomic mass is 16.3. The number of aromatic nitrogens is 1. The highest BCUT2D eigenvalue weighted by Gasteiger charge is 2.13. The van der Waals surface area contributed by atoms with Crippen LogP contribution in [-0.4, -0.2) is 9.67 Å². The topological polar surface area (TPSA) is 25.2 Å². The number of rotatable bonds is 3. The van der Waals surface area contributed by atoms with Crippen LogP contribution in [0.25, 0.3) is 33.4 Å². The first kappa shape index (κ1) is 15.5. The molecule has 0 aliphatic rings. The molecule has 0 saturated heterocycles. The molecule has 2 heteroatoms. The fraction of sp³-hybridized carbons (Fsp3) is 0.130. The summed E-state index contributed by atoms with van der Waals surface area (Å²) in [6.07, 6.45) is 5.44. The van der Waals surface area contributed by atoms with Gasteiger partial charge in [0.2, 0.25) is 0 Å². The molecule has 0 aliphatic heterocycles. The summed E-state index contributed by atoms with van der Waals surface area (Å²) in [4.78, 5) is 0. The van der Waals surface area contributed by atoms with Crippen molar-refractivity contribution in [2.24, 2.45) is 0 Å². The molecule has 1 aromatic heterocycles. The average molecular weight is 327 g/mol. The fourth-order valence-corrected chi connectivity index (χ4v) is 3.49. The van der Waals surface area contributed by atoms with Gasteiger partial charge in [-0.25, -0.2) is 0 Å². The zero-order valence-electron chi connectivity index (χ0n) is 14.5. The van der Waals surface area contributed by atoms with Gasteiger partial charge in [-0.2, -0.15) is 0 Å². The van der Waals surface area contributed by atoms with Crippen LogP contribution < -0.4 is 0 Å². The quantitative estimate of drug-likeness (QED) is 0.474. The number of hydrogen-bond donors (Lipinski definition) is 1. The number of phenolic OH excluding ortho intramolecular Hbond substituents is 1. The molecule has 0 bridgehead atoms.